The summed E-state index contributed by atoms with van der Waals surface area (Å²) in [6, 6.07) is 3.27. The molecule has 1 aromatic rings. The number of nitrogens with one attached hydrogen (secondary N) is 2. The summed E-state index contributed by atoms with van der Waals surface area (Å²) in [5, 5.41) is 14.9. The van der Waals surface area contributed by atoms with Crippen LogP contribution < -0.4 is 10.6 Å². The average Bonchev–Trinajstić information content (AvgIpc) is 2.42. The Morgan fingerprint density at radius 2 is 1.90 bits per heavy atom. The second-order valence-corrected chi connectivity index (χ2v) is 6.52. The van der Waals surface area contributed by atoms with E-state index in [9.17, 15) is 14.7 Å². The van der Waals surface area contributed by atoms with E-state index in [1.165, 1.54) is 0 Å². The summed E-state index contributed by atoms with van der Waals surface area (Å²) in [6.45, 7) is 3.63. The van der Waals surface area contributed by atoms with Crippen molar-refractivity contribution in [2.75, 3.05) is 16.8 Å². The van der Waals surface area contributed by atoms with Crippen LogP contribution >= 0.6 is 11.8 Å². The van der Waals surface area contributed by atoms with Gasteiger partial charge in [-0.05, 0) is 55.4 Å². The second-order valence-electron chi connectivity index (χ2n) is 5.29. The van der Waals surface area contributed by atoms with Crippen molar-refractivity contribution in [2.45, 2.75) is 32.7 Å². The number of anilines is 1. The van der Waals surface area contributed by atoms with Crippen molar-refractivity contribution in [2.24, 2.45) is 0 Å². The maximum atomic E-state index is 12.1. The lowest BCUT2D eigenvalue weighted by molar-refractivity contribution is 0.0698. The Bertz CT molecular complexity index is 554. The number of carbonyl (C=O) groups excluding carboxylic acids is 1. The smallest absolute Gasteiger partial charge is 0.337 e. The number of carboxylic acids is 1. The van der Waals surface area contributed by atoms with Gasteiger partial charge in [-0.2, -0.15) is 11.8 Å². The van der Waals surface area contributed by atoms with Crippen LogP contribution in [0.1, 0.15) is 34.3 Å². The molecule has 1 aliphatic heterocycles. The summed E-state index contributed by atoms with van der Waals surface area (Å²) in [5.41, 5.74) is 2.11. The van der Waals surface area contributed by atoms with Crippen molar-refractivity contribution in [3.63, 3.8) is 0 Å². The normalized spacial score (nSPS) is 15.5. The van der Waals surface area contributed by atoms with Gasteiger partial charge in [0.2, 0.25) is 0 Å². The van der Waals surface area contributed by atoms with Crippen LogP contribution in [0.2, 0.25) is 0 Å². The first-order valence-electron chi connectivity index (χ1n) is 6.97. The van der Waals surface area contributed by atoms with Gasteiger partial charge in [-0.3, -0.25) is 0 Å². The number of carboxylic acid groups (broad SMARTS) is 1. The first kappa shape index (κ1) is 15.7. The lowest BCUT2D eigenvalue weighted by Crippen LogP contribution is -2.40. The predicted molar refractivity (Wildman–Crippen MR) is 85.4 cm³/mol. The molecule has 114 valence electrons. The summed E-state index contributed by atoms with van der Waals surface area (Å²) in [4.78, 5) is 23.4. The third-order valence-electron chi connectivity index (χ3n) is 3.51. The zero-order valence-corrected chi connectivity index (χ0v) is 13.0. The highest BCUT2D eigenvalue weighted by molar-refractivity contribution is 7.99. The third-order valence-corrected chi connectivity index (χ3v) is 4.55. The number of aryl methyl sites for hydroxylation is 2. The van der Waals surface area contributed by atoms with E-state index < -0.39 is 5.97 Å². The van der Waals surface area contributed by atoms with Crippen LogP contribution in [-0.4, -0.2) is 34.7 Å². The second kappa shape index (κ2) is 6.85. The van der Waals surface area contributed by atoms with E-state index in [0.717, 1.165) is 35.5 Å². The van der Waals surface area contributed by atoms with Gasteiger partial charge in [0.05, 0.1) is 11.3 Å². The van der Waals surface area contributed by atoms with Crippen molar-refractivity contribution in [1.82, 2.24) is 5.32 Å². The standard InChI is InChI=1S/C15H20N2O3S/c1-9-7-10(2)13(12(8-9)14(18)19)17-15(20)16-11-3-5-21-6-4-11/h7-8,11H,3-6H2,1-2H3,(H,18,19)(H2,16,17,20). The number of urea groups is 1. The summed E-state index contributed by atoms with van der Waals surface area (Å²) in [7, 11) is 0. The molecule has 0 radical (unpaired) electrons. The molecule has 3 N–H and O–H groups in total. The number of rotatable bonds is 3. The van der Waals surface area contributed by atoms with Crippen molar-refractivity contribution >= 4 is 29.4 Å². The molecular weight excluding hydrogens is 288 g/mol. The van der Waals surface area contributed by atoms with Crippen LogP contribution in [0.15, 0.2) is 12.1 Å². The minimum absolute atomic E-state index is 0.127. The van der Waals surface area contributed by atoms with Crippen LogP contribution in [0.3, 0.4) is 0 Å². The fraction of sp³-hybridized carbons (Fsp3) is 0.467. The van der Waals surface area contributed by atoms with E-state index in [1.54, 1.807) is 13.0 Å². The molecule has 0 aromatic heterocycles. The van der Waals surface area contributed by atoms with Crippen molar-refractivity contribution in [3.8, 4) is 0 Å². The molecule has 21 heavy (non-hydrogen) atoms. The Labute approximate surface area is 128 Å². The highest BCUT2D eigenvalue weighted by Gasteiger charge is 2.19. The summed E-state index contributed by atoms with van der Waals surface area (Å²) >= 11 is 1.89. The van der Waals surface area contributed by atoms with Crippen LogP contribution in [0.25, 0.3) is 0 Å². The molecule has 0 atom stereocenters. The zero-order chi connectivity index (χ0) is 15.4. The van der Waals surface area contributed by atoms with Gasteiger partial charge in [-0.25, -0.2) is 9.59 Å². The Kier molecular flexibility index (Phi) is 5.12. The number of thioether (sulfide) groups is 1. The Hall–Kier alpha value is -1.69. The molecule has 1 aliphatic rings. The zero-order valence-electron chi connectivity index (χ0n) is 12.2. The Morgan fingerprint density at radius 3 is 2.52 bits per heavy atom. The molecule has 0 saturated carbocycles. The summed E-state index contributed by atoms with van der Waals surface area (Å²) in [5.74, 6) is 1.06. The van der Waals surface area contributed by atoms with Crippen molar-refractivity contribution < 1.29 is 14.7 Å². The fourth-order valence-corrected chi connectivity index (χ4v) is 3.59. The van der Waals surface area contributed by atoms with Gasteiger partial charge in [0, 0.05) is 6.04 Å². The topological polar surface area (TPSA) is 78.4 Å². The molecule has 0 spiro atoms. The lowest BCUT2D eigenvalue weighted by Gasteiger charge is -2.23. The quantitative estimate of drug-likeness (QED) is 0.802. The largest absolute Gasteiger partial charge is 0.478 e. The number of hydrogen-bond donors (Lipinski definition) is 3. The molecule has 1 fully saturated rings. The molecule has 1 saturated heterocycles. The molecular formula is C15H20N2O3S. The molecule has 6 heteroatoms. The highest BCUT2D eigenvalue weighted by atomic mass is 32.2. The van der Waals surface area contributed by atoms with E-state index in [4.69, 9.17) is 0 Å². The maximum Gasteiger partial charge on any atom is 0.337 e. The van der Waals surface area contributed by atoms with Crippen LogP contribution in [0.5, 0.6) is 0 Å². The SMILES string of the molecule is Cc1cc(C)c(NC(=O)NC2CCSCC2)c(C(=O)O)c1. The number of aromatic carboxylic acids is 1. The number of hydrogen-bond acceptors (Lipinski definition) is 3. The van der Waals surface area contributed by atoms with Gasteiger partial charge in [0.25, 0.3) is 0 Å². The van der Waals surface area contributed by atoms with E-state index >= 15 is 0 Å². The number of carbonyl (C=O) groups is 2. The van der Waals surface area contributed by atoms with Crippen LogP contribution in [0, 0.1) is 13.8 Å². The van der Waals surface area contributed by atoms with E-state index in [-0.39, 0.29) is 17.6 Å². The van der Waals surface area contributed by atoms with E-state index in [2.05, 4.69) is 10.6 Å². The lowest BCUT2D eigenvalue weighted by atomic mass is 10.0. The number of amides is 2. The average molecular weight is 308 g/mol. The van der Waals surface area contributed by atoms with Gasteiger partial charge in [-0.15, -0.1) is 0 Å². The Balaban J connectivity index is 2.11. The summed E-state index contributed by atoms with van der Waals surface area (Å²) < 4.78 is 0. The Morgan fingerprint density at radius 1 is 1.24 bits per heavy atom. The van der Waals surface area contributed by atoms with Crippen LogP contribution in [-0.2, 0) is 0 Å². The van der Waals surface area contributed by atoms with Gasteiger partial charge in [0.1, 0.15) is 0 Å². The molecule has 0 bridgehead atoms. The maximum absolute atomic E-state index is 12.1. The third kappa shape index (κ3) is 4.14. The van der Waals surface area contributed by atoms with Crippen molar-refractivity contribution in [3.05, 3.63) is 28.8 Å². The summed E-state index contributed by atoms with van der Waals surface area (Å²) in [6.07, 6.45) is 1.91. The highest BCUT2D eigenvalue weighted by Crippen LogP contribution is 2.23. The van der Waals surface area contributed by atoms with Crippen molar-refractivity contribution in [1.29, 1.82) is 0 Å². The minimum atomic E-state index is -1.04. The molecule has 5 nitrogen and oxygen atoms in total. The van der Waals surface area contributed by atoms with Gasteiger partial charge < -0.3 is 15.7 Å². The first-order valence-corrected chi connectivity index (χ1v) is 8.12. The molecule has 1 heterocycles. The first-order chi connectivity index (χ1) is 9.97. The number of benzene rings is 1. The molecule has 0 aliphatic carbocycles. The van der Waals surface area contributed by atoms with Crippen LogP contribution in [0.4, 0.5) is 10.5 Å². The minimum Gasteiger partial charge on any atom is -0.478 e. The molecule has 2 rings (SSSR count). The van der Waals surface area contributed by atoms with E-state index in [0.29, 0.717) is 5.69 Å². The predicted octanol–water partition coefficient (Wildman–Crippen LogP) is 3.02. The van der Waals surface area contributed by atoms with Gasteiger partial charge in [0.15, 0.2) is 0 Å². The van der Waals surface area contributed by atoms with Gasteiger partial charge in [-0.1, -0.05) is 6.07 Å². The fourth-order valence-electron chi connectivity index (χ4n) is 2.48. The van der Waals surface area contributed by atoms with Gasteiger partial charge >= 0.3 is 12.0 Å². The molecule has 2 amide bonds. The monoisotopic (exact) mass is 308 g/mol. The molecule has 1 aromatic carbocycles. The molecule has 0 unspecified atom stereocenters. The van der Waals surface area contributed by atoms with E-state index in [1.807, 2.05) is 24.8 Å².